The Balaban J connectivity index is 2.08. The van der Waals surface area contributed by atoms with Crippen molar-refractivity contribution < 1.29 is 9.66 Å². The Morgan fingerprint density at radius 1 is 1.48 bits per heavy atom. The third kappa shape index (κ3) is 3.81. The standard InChI is InChI=1S/C14H19N3O3S/c1-10-5-7-16(8-6-10)14(21)15-12-4-3-11(17(18)19)9-13(12)20-2/h3-4,9-10H,5-8H2,1-2H3,(H,15,21). The fourth-order valence-corrected chi connectivity index (χ4v) is 2.60. The molecule has 7 heteroatoms. The largest absolute Gasteiger partial charge is 0.494 e. The van der Waals surface area contributed by atoms with Crippen LogP contribution in [0.1, 0.15) is 19.8 Å². The number of nitro groups is 1. The van der Waals surface area contributed by atoms with Gasteiger partial charge in [-0.05, 0) is 37.0 Å². The van der Waals surface area contributed by atoms with E-state index in [9.17, 15) is 10.1 Å². The molecule has 0 spiro atoms. The van der Waals surface area contributed by atoms with Crippen LogP contribution in [0.5, 0.6) is 5.75 Å². The van der Waals surface area contributed by atoms with Gasteiger partial charge in [0.1, 0.15) is 5.75 Å². The molecule has 1 aromatic rings. The van der Waals surface area contributed by atoms with Crippen molar-refractivity contribution in [3.63, 3.8) is 0 Å². The lowest BCUT2D eigenvalue weighted by molar-refractivity contribution is -0.384. The lowest BCUT2D eigenvalue weighted by Gasteiger charge is -2.32. The molecule has 114 valence electrons. The van der Waals surface area contributed by atoms with Crippen LogP contribution in [0.3, 0.4) is 0 Å². The molecule has 0 amide bonds. The number of nitro benzene ring substituents is 1. The monoisotopic (exact) mass is 309 g/mol. The highest BCUT2D eigenvalue weighted by atomic mass is 32.1. The summed E-state index contributed by atoms with van der Waals surface area (Å²) in [5, 5.41) is 14.5. The van der Waals surface area contributed by atoms with Crippen molar-refractivity contribution in [3.8, 4) is 5.75 Å². The van der Waals surface area contributed by atoms with Crippen LogP contribution < -0.4 is 10.1 Å². The Labute approximate surface area is 129 Å². The number of hydrogen-bond acceptors (Lipinski definition) is 4. The number of methoxy groups -OCH3 is 1. The van der Waals surface area contributed by atoms with E-state index in [2.05, 4.69) is 17.1 Å². The fraction of sp³-hybridized carbons (Fsp3) is 0.500. The van der Waals surface area contributed by atoms with Crippen LogP contribution in [0, 0.1) is 16.0 Å². The van der Waals surface area contributed by atoms with Gasteiger partial charge in [0.05, 0.1) is 23.8 Å². The van der Waals surface area contributed by atoms with Gasteiger partial charge in [0.2, 0.25) is 0 Å². The highest BCUT2D eigenvalue weighted by Gasteiger charge is 2.19. The van der Waals surface area contributed by atoms with E-state index in [1.165, 1.54) is 19.2 Å². The molecule has 0 saturated carbocycles. The molecule has 1 aliphatic rings. The van der Waals surface area contributed by atoms with E-state index in [4.69, 9.17) is 17.0 Å². The smallest absolute Gasteiger partial charge is 0.273 e. The zero-order chi connectivity index (χ0) is 15.4. The van der Waals surface area contributed by atoms with Crippen molar-refractivity contribution in [2.24, 2.45) is 5.92 Å². The van der Waals surface area contributed by atoms with Crippen LogP contribution in [0.2, 0.25) is 0 Å². The molecule has 0 atom stereocenters. The molecule has 1 saturated heterocycles. The highest BCUT2D eigenvalue weighted by molar-refractivity contribution is 7.80. The maximum Gasteiger partial charge on any atom is 0.273 e. The summed E-state index contributed by atoms with van der Waals surface area (Å²) in [4.78, 5) is 12.4. The number of benzene rings is 1. The first-order chi connectivity index (χ1) is 10.0. The molecule has 1 aliphatic heterocycles. The van der Waals surface area contributed by atoms with Gasteiger partial charge in [-0.25, -0.2) is 0 Å². The number of non-ortho nitro benzene ring substituents is 1. The molecule has 1 fully saturated rings. The van der Waals surface area contributed by atoms with Crippen LogP contribution in [0.15, 0.2) is 18.2 Å². The van der Waals surface area contributed by atoms with Crippen molar-refractivity contribution in [3.05, 3.63) is 28.3 Å². The topological polar surface area (TPSA) is 67.6 Å². The molecule has 1 heterocycles. The fourth-order valence-electron chi connectivity index (χ4n) is 2.30. The molecule has 0 bridgehead atoms. The molecular weight excluding hydrogens is 290 g/mol. The predicted octanol–water partition coefficient (Wildman–Crippen LogP) is 3.03. The summed E-state index contributed by atoms with van der Waals surface area (Å²) in [6.45, 7) is 4.11. The maximum atomic E-state index is 10.8. The molecule has 2 rings (SSSR count). The Hall–Kier alpha value is -1.89. The van der Waals surface area contributed by atoms with E-state index in [0.29, 0.717) is 16.5 Å². The van der Waals surface area contributed by atoms with Gasteiger partial charge in [0, 0.05) is 19.2 Å². The third-order valence-corrected chi connectivity index (χ3v) is 4.07. The number of hydrogen-bond donors (Lipinski definition) is 1. The van der Waals surface area contributed by atoms with Crippen molar-refractivity contribution in [1.29, 1.82) is 0 Å². The highest BCUT2D eigenvalue weighted by Crippen LogP contribution is 2.29. The first kappa shape index (κ1) is 15.5. The summed E-state index contributed by atoms with van der Waals surface area (Å²) in [5.74, 6) is 1.15. The normalized spacial score (nSPS) is 15.6. The van der Waals surface area contributed by atoms with Crippen LogP contribution in [-0.2, 0) is 0 Å². The van der Waals surface area contributed by atoms with Gasteiger partial charge in [0.25, 0.3) is 5.69 Å². The first-order valence-corrected chi connectivity index (χ1v) is 7.30. The molecule has 6 nitrogen and oxygen atoms in total. The van der Waals surface area contributed by atoms with Gasteiger partial charge in [-0.15, -0.1) is 0 Å². The minimum absolute atomic E-state index is 0.00452. The van der Waals surface area contributed by atoms with Crippen LogP contribution in [0.25, 0.3) is 0 Å². The number of ether oxygens (including phenoxy) is 1. The second-order valence-electron chi connectivity index (χ2n) is 5.24. The van der Waals surface area contributed by atoms with Crippen molar-refractivity contribution in [2.75, 3.05) is 25.5 Å². The summed E-state index contributed by atoms with van der Waals surface area (Å²) in [6, 6.07) is 4.45. The Kier molecular flexibility index (Phi) is 4.95. The van der Waals surface area contributed by atoms with E-state index in [0.717, 1.165) is 31.8 Å². The zero-order valence-corrected chi connectivity index (χ0v) is 13.0. The average molecular weight is 309 g/mol. The van der Waals surface area contributed by atoms with E-state index in [1.54, 1.807) is 6.07 Å². The van der Waals surface area contributed by atoms with E-state index in [-0.39, 0.29) is 5.69 Å². The SMILES string of the molecule is COc1cc([N+](=O)[O-])ccc1NC(=S)N1CCC(C)CC1. The molecule has 1 aromatic carbocycles. The molecule has 1 N–H and O–H groups in total. The van der Waals surface area contributed by atoms with Crippen LogP contribution in [0.4, 0.5) is 11.4 Å². The summed E-state index contributed by atoms with van der Waals surface area (Å²) < 4.78 is 5.20. The Morgan fingerprint density at radius 2 is 2.14 bits per heavy atom. The van der Waals surface area contributed by atoms with Crippen molar-refractivity contribution in [1.82, 2.24) is 4.90 Å². The van der Waals surface area contributed by atoms with Gasteiger partial charge in [-0.3, -0.25) is 10.1 Å². The van der Waals surface area contributed by atoms with Crippen LogP contribution >= 0.6 is 12.2 Å². The van der Waals surface area contributed by atoms with E-state index in [1.807, 2.05) is 0 Å². The van der Waals surface area contributed by atoms with Gasteiger partial charge in [0.15, 0.2) is 5.11 Å². The molecule has 0 unspecified atom stereocenters. The number of thiocarbonyl (C=S) groups is 1. The van der Waals surface area contributed by atoms with E-state index >= 15 is 0 Å². The van der Waals surface area contributed by atoms with Crippen LogP contribution in [-0.4, -0.2) is 35.1 Å². The van der Waals surface area contributed by atoms with Gasteiger partial charge >= 0.3 is 0 Å². The van der Waals surface area contributed by atoms with Gasteiger partial charge < -0.3 is 15.0 Å². The minimum atomic E-state index is -0.448. The molecule has 0 aliphatic carbocycles. The molecular formula is C14H19N3O3S. The molecule has 0 aromatic heterocycles. The van der Waals surface area contributed by atoms with Gasteiger partial charge in [-0.2, -0.15) is 0 Å². The Bertz CT molecular complexity index is 542. The molecule has 0 radical (unpaired) electrons. The number of rotatable bonds is 3. The second kappa shape index (κ2) is 6.71. The third-order valence-electron chi connectivity index (χ3n) is 3.71. The number of nitrogens with one attached hydrogen (secondary N) is 1. The quantitative estimate of drug-likeness (QED) is 0.526. The van der Waals surface area contributed by atoms with Crippen molar-refractivity contribution in [2.45, 2.75) is 19.8 Å². The molecule has 21 heavy (non-hydrogen) atoms. The second-order valence-corrected chi connectivity index (χ2v) is 5.63. The maximum absolute atomic E-state index is 10.8. The first-order valence-electron chi connectivity index (χ1n) is 6.89. The minimum Gasteiger partial charge on any atom is -0.494 e. The van der Waals surface area contributed by atoms with E-state index < -0.39 is 4.92 Å². The van der Waals surface area contributed by atoms with Crippen molar-refractivity contribution >= 4 is 28.7 Å². The lowest BCUT2D eigenvalue weighted by Crippen LogP contribution is -2.40. The Morgan fingerprint density at radius 3 is 2.71 bits per heavy atom. The number of piperidine rings is 1. The lowest BCUT2D eigenvalue weighted by atomic mass is 10.00. The number of anilines is 1. The summed E-state index contributed by atoms with van der Waals surface area (Å²) in [5.41, 5.74) is 0.641. The summed E-state index contributed by atoms with van der Waals surface area (Å²) in [7, 11) is 1.48. The summed E-state index contributed by atoms with van der Waals surface area (Å²) in [6.07, 6.45) is 2.25. The van der Waals surface area contributed by atoms with Gasteiger partial charge in [-0.1, -0.05) is 6.92 Å². The number of likely N-dealkylation sites (tertiary alicyclic amines) is 1. The zero-order valence-electron chi connectivity index (χ0n) is 12.2. The summed E-state index contributed by atoms with van der Waals surface area (Å²) >= 11 is 5.41. The predicted molar refractivity (Wildman–Crippen MR) is 85.8 cm³/mol. The average Bonchev–Trinajstić information content (AvgIpc) is 2.48. The number of nitrogens with zero attached hydrogens (tertiary/aromatic N) is 2.